The third kappa shape index (κ3) is 3.83. The van der Waals surface area contributed by atoms with Gasteiger partial charge in [-0.1, -0.05) is 0 Å². The average Bonchev–Trinajstić information content (AvgIpc) is 3.08. The monoisotopic (exact) mass is 419 g/mol. The van der Waals surface area contributed by atoms with E-state index in [2.05, 4.69) is 25.6 Å². The van der Waals surface area contributed by atoms with Crippen molar-refractivity contribution in [3.05, 3.63) is 35.5 Å². The minimum atomic E-state index is -2.98. The van der Waals surface area contributed by atoms with E-state index < -0.39 is 23.9 Å². The Morgan fingerprint density at radius 2 is 2.17 bits per heavy atom. The summed E-state index contributed by atoms with van der Waals surface area (Å²) in [4.78, 5) is 25.1. The molecular weight excluding hydrogens is 400 g/mol. The molecule has 1 amide bonds. The third-order valence-corrected chi connectivity index (χ3v) is 5.77. The van der Waals surface area contributed by atoms with Crippen molar-refractivity contribution in [2.75, 3.05) is 10.6 Å². The lowest BCUT2D eigenvalue weighted by Crippen LogP contribution is -2.55. The summed E-state index contributed by atoms with van der Waals surface area (Å²) in [6.45, 7) is 0. The number of anilines is 3. The van der Waals surface area contributed by atoms with Gasteiger partial charge in [0, 0.05) is 35.6 Å². The molecule has 0 bridgehead atoms. The van der Waals surface area contributed by atoms with Crippen molar-refractivity contribution in [3.8, 4) is 0 Å². The molecular formula is C18H19F2N7OS. The van der Waals surface area contributed by atoms with E-state index in [1.54, 1.807) is 12.3 Å². The van der Waals surface area contributed by atoms with Crippen LogP contribution in [0.2, 0.25) is 0 Å². The Hall–Kier alpha value is -2.92. The number of aromatic nitrogens is 3. The zero-order chi connectivity index (χ0) is 20.6. The van der Waals surface area contributed by atoms with Gasteiger partial charge in [0.2, 0.25) is 5.95 Å². The molecule has 152 valence electrons. The number of hydrogen-bond donors (Lipinski definition) is 4. The molecule has 0 aromatic carbocycles. The smallest absolute Gasteiger partial charge is 0.269 e. The van der Waals surface area contributed by atoms with Crippen molar-refractivity contribution in [2.45, 2.75) is 37.3 Å². The first-order valence-electron chi connectivity index (χ1n) is 9.01. The fourth-order valence-corrected chi connectivity index (χ4v) is 4.22. The van der Waals surface area contributed by atoms with E-state index in [0.29, 0.717) is 18.5 Å². The predicted octanol–water partition coefficient (Wildman–Crippen LogP) is 2.86. The third-order valence-electron chi connectivity index (χ3n) is 4.87. The lowest BCUT2D eigenvalue weighted by Gasteiger charge is -2.36. The Bertz CT molecular complexity index is 1060. The number of alkyl halides is 2. The molecule has 1 saturated carbocycles. The van der Waals surface area contributed by atoms with E-state index in [-0.39, 0.29) is 23.8 Å². The fraction of sp³-hybridized carbons (Fsp3) is 0.333. The maximum atomic E-state index is 14.3. The largest absolute Gasteiger partial charge is 0.365 e. The molecule has 8 nitrogen and oxygen atoms in total. The molecule has 1 fully saturated rings. The predicted molar refractivity (Wildman–Crippen MR) is 108 cm³/mol. The highest BCUT2D eigenvalue weighted by Gasteiger charge is 2.46. The molecule has 2 atom stereocenters. The van der Waals surface area contributed by atoms with Gasteiger partial charge in [0.1, 0.15) is 22.3 Å². The molecule has 1 aliphatic carbocycles. The van der Waals surface area contributed by atoms with Crippen molar-refractivity contribution in [1.82, 2.24) is 15.0 Å². The summed E-state index contributed by atoms with van der Waals surface area (Å²) in [7, 11) is 0. The van der Waals surface area contributed by atoms with Gasteiger partial charge < -0.3 is 22.1 Å². The molecule has 11 heteroatoms. The van der Waals surface area contributed by atoms with Gasteiger partial charge in [-0.05, 0) is 25.0 Å². The van der Waals surface area contributed by atoms with Gasteiger partial charge in [-0.2, -0.15) is 4.98 Å². The number of fused-ring (bicyclic) bond motifs is 1. The van der Waals surface area contributed by atoms with Crippen molar-refractivity contribution in [1.29, 1.82) is 0 Å². The summed E-state index contributed by atoms with van der Waals surface area (Å²) in [6.07, 6.45) is 3.47. The minimum Gasteiger partial charge on any atom is -0.365 e. The van der Waals surface area contributed by atoms with Gasteiger partial charge >= 0.3 is 0 Å². The average molecular weight is 419 g/mol. The summed E-state index contributed by atoms with van der Waals surface area (Å²) in [5.74, 6) is -3.66. The number of nitrogens with two attached hydrogens (primary N) is 2. The van der Waals surface area contributed by atoms with Crippen LogP contribution in [0.1, 0.15) is 29.6 Å². The molecule has 6 N–H and O–H groups in total. The molecule has 0 radical (unpaired) electrons. The zero-order valence-electron chi connectivity index (χ0n) is 15.2. The number of halogens is 2. The van der Waals surface area contributed by atoms with Crippen LogP contribution in [0.4, 0.5) is 26.2 Å². The zero-order valence-corrected chi connectivity index (χ0v) is 16.0. The minimum absolute atomic E-state index is 0.0403. The van der Waals surface area contributed by atoms with E-state index in [4.69, 9.17) is 11.5 Å². The fourth-order valence-electron chi connectivity index (χ4n) is 3.38. The highest BCUT2D eigenvalue weighted by atomic mass is 32.1. The quantitative estimate of drug-likeness (QED) is 0.500. The van der Waals surface area contributed by atoms with Gasteiger partial charge in [0.15, 0.2) is 0 Å². The first-order chi connectivity index (χ1) is 13.8. The number of pyridine rings is 1. The molecule has 3 aromatic heterocycles. The molecule has 0 unspecified atom stereocenters. The maximum absolute atomic E-state index is 14.3. The number of nitrogens with zero attached hydrogens (tertiary/aromatic N) is 3. The van der Waals surface area contributed by atoms with Crippen molar-refractivity contribution < 1.29 is 13.6 Å². The number of carbonyl (C=O) groups is 1. The summed E-state index contributed by atoms with van der Waals surface area (Å²) in [6, 6.07) is 1.62. The van der Waals surface area contributed by atoms with Crippen molar-refractivity contribution in [2.24, 2.45) is 11.5 Å². The van der Waals surface area contributed by atoms with Crippen LogP contribution in [0.15, 0.2) is 29.9 Å². The van der Waals surface area contributed by atoms with E-state index >= 15 is 0 Å². The number of carbonyl (C=O) groups excluding carboxylic acids is 1. The molecule has 1 aliphatic rings. The van der Waals surface area contributed by atoms with Crippen LogP contribution >= 0.6 is 11.3 Å². The second kappa shape index (κ2) is 7.48. The molecule has 29 heavy (non-hydrogen) atoms. The van der Waals surface area contributed by atoms with Crippen LogP contribution in [0.5, 0.6) is 0 Å². The Labute approximate surface area is 168 Å². The van der Waals surface area contributed by atoms with Crippen LogP contribution in [0.25, 0.3) is 10.2 Å². The second-order valence-corrected chi connectivity index (χ2v) is 7.75. The summed E-state index contributed by atoms with van der Waals surface area (Å²) in [5, 5.41) is 8.35. The highest BCUT2D eigenvalue weighted by molar-refractivity contribution is 7.17. The molecule has 3 aromatic rings. The van der Waals surface area contributed by atoms with E-state index in [9.17, 15) is 13.6 Å². The van der Waals surface area contributed by atoms with E-state index in [1.807, 2.05) is 11.4 Å². The maximum Gasteiger partial charge on any atom is 0.269 e. The Balaban J connectivity index is 1.67. The van der Waals surface area contributed by atoms with E-state index in [1.165, 1.54) is 17.5 Å². The lowest BCUT2D eigenvalue weighted by atomic mass is 9.87. The van der Waals surface area contributed by atoms with Crippen molar-refractivity contribution >= 4 is 44.9 Å². The van der Waals surface area contributed by atoms with E-state index in [0.717, 1.165) is 10.2 Å². The lowest BCUT2D eigenvalue weighted by molar-refractivity contribution is -0.0513. The second-order valence-electron chi connectivity index (χ2n) is 6.89. The molecule has 0 aliphatic heterocycles. The van der Waals surface area contributed by atoms with Gasteiger partial charge in [0.05, 0.1) is 5.69 Å². The molecule has 0 spiro atoms. The van der Waals surface area contributed by atoms with Crippen LogP contribution in [0, 0.1) is 0 Å². The summed E-state index contributed by atoms with van der Waals surface area (Å²) in [5.41, 5.74) is 12.0. The highest BCUT2D eigenvalue weighted by Crippen LogP contribution is 2.35. The van der Waals surface area contributed by atoms with Gasteiger partial charge in [0.25, 0.3) is 11.8 Å². The van der Waals surface area contributed by atoms with Gasteiger partial charge in [-0.15, -0.1) is 11.3 Å². The number of hydrogen-bond acceptors (Lipinski definition) is 8. The number of thiophene rings is 1. The van der Waals surface area contributed by atoms with Gasteiger partial charge in [-0.25, -0.2) is 18.7 Å². The molecule has 3 heterocycles. The number of nitrogens with one attached hydrogen (secondary N) is 2. The summed E-state index contributed by atoms with van der Waals surface area (Å²) >= 11 is 1.42. The van der Waals surface area contributed by atoms with Crippen LogP contribution in [-0.4, -0.2) is 38.9 Å². The topological polar surface area (TPSA) is 132 Å². The number of rotatable bonds is 5. The number of primary amides is 1. The SMILES string of the molecule is NC(=O)c1cnc(N[C@H]2[C@@H](N)CCCC2(F)F)nc1Nc1csc2ncccc12. The van der Waals surface area contributed by atoms with Crippen LogP contribution in [0.3, 0.4) is 0 Å². The van der Waals surface area contributed by atoms with Crippen LogP contribution in [-0.2, 0) is 0 Å². The van der Waals surface area contributed by atoms with Crippen molar-refractivity contribution in [3.63, 3.8) is 0 Å². The number of amides is 1. The molecule has 0 saturated heterocycles. The first-order valence-corrected chi connectivity index (χ1v) is 9.89. The summed E-state index contributed by atoms with van der Waals surface area (Å²) < 4.78 is 28.6. The molecule has 4 rings (SSSR count). The normalized spacial score (nSPS) is 21.1. The Morgan fingerprint density at radius 1 is 1.34 bits per heavy atom. The Morgan fingerprint density at radius 3 is 2.93 bits per heavy atom. The first kappa shape index (κ1) is 19.4. The van der Waals surface area contributed by atoms with Gasteiger partial charge in [-0.3, -0.25) is 4.79 Å². The Kier molecular flexibility index (Phi) is 5.01. The standard InChI is InChI=1S/C18H19F2N7OS/c19-18(20)5-1-4-11(21)13(18)26-17-24-7-10(14(22)28)15(27-17)25-12-8-29-16-9(12)3-2-6-23-16/h2-3,6-8,11,13H,1,4-5,21H2,(H2,22,28)(H2,24,25,26,27)/t11-,13-/m0/s1. The van der Waals surface area contributed by atoms with Crippen LogP contribution < -0.4 is 22.1 Å².